The molecular formula is C29H56N4O6. The highest BCUT2D eigenvalue weighted by atomic mass is 16.6. The Bertz CT molecular complexity index is 780. The molecule has 6 atom stereocenters. The summed E-state index contributed by atoms with van der Waals surface area (Å²) in [7, 11) is 0. The molecule has 0 aliphatic carbocycles. The van der Waals surface area contributed by atoms with E-state index < -0.39 is 47.7 Å². The molecule has 0 fully saturated rings. The van der Waals surface area contributed by atoms with Crippen molar-refractivity contribution in [1.29, 1.82) is 0 Å². The van der Waals surface area contributed by atoms with E-state index in [2.05, 4.69) is 21.3 Å². The van der Waals surface area contributed by atoms with Crippen molar-refractivity contribution in [3.05, 3.63) is 0 Å². The summed E-state index contributed by atoms with van der Waals surface area (Å²) in [5.41, 5.74) is -0.725. The Kier molecular flexibility index (Phi) is 16.3. The van der Waals surface area contributed by atoms with E-state index in [1.807, 2.05) is 55.4 Å². The number of carbonyl (C=O) groups excluding carboxylic acids is 4. The third-order valence-electron chi connectivity index (χ3n) is 6.58. The van der Waals surface area contributed by atoms with Crippen molar-refractivity contribution in [2.45, 2.75) is 132 Å². The number of hydrogen-bond donors (Lipinski definition) is 5. The third kappa shape index (κ3) is 15.1. The standard InChI is InChI=1S/C29H56N4O6/c1-12-19(7)24(32-27(37)25(20(8)13-2)33-28(38)39-29(9,10)11)26(36)31-21(14-17(3)4)22(34)15-23(35)30-16-18(5)6/h17-22,24-25,34H,12-16H2,1-11H3,(H,30,35)(H,31,36)(H,32,37)(H,33,38)/t19-,20-,21-,22?,24-,25-/m0/s1. The lowest BCUT2D eigenvalue weighted by Crippen LogP contribution is -2.59. The van der Waals surface area contributed by atoms with E-state index in [1.54, 1.807) is 20.8 Å². The summed E-state index contributed by atoms with van der Waals surface area (Å²) >= 11 is 0. The average molecular weight is 557 g/mol. The van der Waals surface area contributed by atoms with Crippen LogP contribution < -0.4 is 21.3 Å². The zero-order chi connectivity index (χ0) is 30.5. The molecule has 0 spiro atoms. The zero-order valence-corrected chi connectivity index (χ0v) is 26.1. The number of rotatable bonds is 16. The Morgan fingerprint density at radius 3 is 1.69 bits per heavy atom. The molecule has 0 heterocycles. The van der Waals surface area contributed by atoms with Gasteiger partial charge in [0, 0.05) is 6.54 Å². The van der Waals surface area contributed by atoms with Gasteiger partial charge < -0.3 is 31.1 Å². The molecule has 10 heteroatoms. The molecule has 0 aromatic carbocycles. The van der Waals surface area contributed by atoms with Gasteiger partial charge >= 0.3 is 6.09 Å². The Hall–Kier alpha value is -2.36. The van der Waals surface area contributed by atoms with Crippen molar-refractivity contribution in [1.82, 2.24) is 21.3 Å². The van der Waals surface area contributed by atoms with Crippen molar-refractivity contribution in [3.63, 3.8) is 0 Å². The van der Waals surface area contributed by atoms with Gasteiger partial charge in [-0.3, -0.25) is 14.4 Å². The van der Waals surface area contributed by atoms with Crippen LogP contribution in [-0.2, 0) is 19.1 Å². The summed E-state index contributed by atoms with van der Waals surface area (Å²) in [6.45, 7) is 21.2. The van der Waals surface area contributed by atoms with Crippen molar-refractivity contribution < 1.29 is 29.0 Å². The van der Waals surface area contributed by atoms with Gasteiger partial charge in [0.15, 0.2) is 0 Å². The summed E-state index contributed by atoms with van der Waals surface area (Å²) in [5, 5.41) is 22.1. The lowest BCUT2D eigenvalue weighted by Gasteiger charge is -2.32. The predicted octanol–water partition coefficient (Wildman–Crippen LogP) is 3.51. The first kappa shape index (κ1) is 36.6. The third-order valence-corrected chi connectivity index (χ3v) is 6.58. The van der Waals surface area contributed by atoms with Crippen LogP contribution in [0.1, 0.15) is 102 Å². The van der Waals surface area contributed by atoms with Gasteiger partial charge in [0.05, 0.1) is 18.6 Å². The van der Waals surface area contributed by atoms with Crippen molar-refractivity contribution >= 4 is 23.8 Å². The molecule has 39 heavy (non-hydrogen) atoms. The summed E-state index contributed by atoms with van der Waals surface area (Å²) in [5.74, 6) is -1.21. The number of nitrogens with one attached hydrogen (secondary N) is 4. The summed E-state index contributed by atoms with van der Waals surface area (Å²) < 4.78 is 5.34. The fourth-order valence-electron chi connectivity index (χ4n) is 3.90. The lowest BCUT2D eigenvalue weighted by atomic mass is 9.93. The highest BCUT2D eigenvalue weighted by Gasteiger charge is 2.35. The van der Waals surface area contributed by atoms with E-state index in [0.717, 1.165) is 0 Å². The van der Waals surface area contributed by atoms with Gasteiger partial charge in [0.2, 0.25) is 17.7 Å². The Morgan fingerprint density at radius 2 is 1.26 bits per heavy atom. The maximum atomic E-state index is 13.5. The zero-order valence-electron chi connectivity index (χ0n) is 26.1. The fourth-order valence-corrected chi connectivity index (χ4v) is 3.90. The van der Waals surface area contributed by atoms with Crippen LogP contribution in [0.25, 0.3) is 0 Å². The molecular weight excluding hydrogens is 500 g/mol. The Labute approximate surface area is 236 Å². The van der Waals surface area contributed by atoms with Gasteiger partial charge in [-0.25, -0.2) is 4.79 Å². The van der Waals surface area contributed by atoms with Gasteiger partial charge in [0.25, 0.3) is 0 Å². The van der Waals surface area contributed by atoms with Gasteiger partial charge in [-0.15, -0.1) is 0 Å². The minimum atomic E-state index is -1.08. The molecule has 0 aliphatic heterocycles. The van der Waals surface area contributed by atoms with Crippen LogP contribution in [0.5, 0.6) is 0 Å². The van der Waals surface area contributed by atoms with Crippen LogP contribution in [0, 0.1) is 23.7 Å². The number of aliphatic hydroxyl groups excluding tert-OH is 1. The molecule has 0 saturated carbocycles. The Balaban J connectivity index is 5.73. The normalized spacial score (nSPS) is 16.5. The minimum Gasteiger partial charge on any atom is -0.444 e. The SMILES string of the molecule is CC[C@H](C)[C@H](NC(=O)OC(C)(C)C)C(=O)N[C@H](C(=O)N[C@@H](CC(C)C)C(O)CC(=O)NCC(C)C)[C@@H](C)CC. The molecule has 0 aliphatic rings. The quantitative estimate of drug-likeness (QED) is 0.197. The summed E-state index contributed by atoms with van der Waals surface area (Å²) in [6.07, 6.45) is -0.236. The summed E-state index contributed by atoms with van der Waals surface area (Å²) in [4.78, 5) is 51.7. The van der Waals surface area contributed by atoms with E-state index in [0.29, 0.717) is 25.8 Å². The second kappa shape index (κ2) is 17.4. The molecule has 4 amide bonds. The highest BCUT2D eigenvalue weighted by molar-refractivity contribution is 5.91. The van der Waals surface area contributed by atoms with Gasteiger partial charge in [-0.2, -0.15) is 0 Å². The van der Waals surface area contributed by atoms with Gasteiger partial charge in [-0.05, 0) is 50.9 Å². The second-order valence-electron chi connectivity index (χ2n) is 12.6. The van der Waals surface area contributed by atoms with Crippen LogP contribution >= 0.6 is 0 Å². The van der Waals surface area contributed by atoms with Gasteiger partial charge in [0.1, 0.15) is 17.7 Å². The van der Waals surface area contributed by atoms with E-state index in [-0.39, 0.29) is 36.0 Å². The van der Waals surface area contributed by atoms with Crippen LogP contribution in [0.4, 0.5) is 4.79 Å². The molecule has 0 aromatic rings. The first-order valence-corrected chi connectivity index (χ1v) is 14.5. The fraction of sp³-hybridized carbons (Fsp3) is 0.862. The predicted molar refractivity (Wildman–Crippen MR) is 154 cm³/mol. The first-order valence-electron chi connectivity index (χ1n) is 14.5. The average Bonchev–Trinajstić information content (AvgIpc) is 2.81. The first-order chi connectivity index (χ1) is 17.9. The number of carbonyl (C=O) groups is 4. The van der Waals surface area contributed by atoms with Gasteiger partial charge in [-0.1, -0.05) is 68.2 Å². The molecule has 228 valence electrons. The van der Waals surface area contributed by atoms with E-state index in [4.69, 9.17) is 4.74 Å². The Morgan fingerprint density at radius 1 is 0.769 bits per heavy atom. The van der Waals surface area contributed by atoms with Crippen molar-refractivity contribution in [2.24, 2.45) is 23.7 Å². The van der Waals surface area contributed by atoms with E-state index in [9.17, 15) is 24.3 Å². The molecule has 5 N–H and O–H groups in total. The lowest BCUT2D eigenvalue weighted by molar-refractivity contribution is -0.133. The van der Waals surface area contributed by atoms with Crippen LogP contribution in [-0.4, -0.2) is 65.3 Å². The summed E-state index contributed by atoms with van der Waals surface area (Å²) in [6, 6.07) is -2.46. The number of aliphatic hydroxyl groups is 1. The maximum Gasteiger partial charge on any atom is 0.408 e. The number of ether oxygens (including phenoxy) is 1. The monoisotopic (exact) mass is 556 g/mol. The second-order valence-corrected chi connectivity index (χ2v) is 12.6. The minimum absolute atomic E-state index is 0.138. The van der Waals surface area contributed by atoms with E-state index >= 15 is 0 Å². The molecule has 0 aromatic heterocycles. The molecule has 0 rings (SSSR count). The number of alkyl carbamates (subject to hydrolysis) is 1. The number of hydrogen-bond acceptors (Lipinski definition) is 6. The highest BCUT2D eigenvalue weighted by Crippen LogP contribution is 2.16. The number of amides is 4. The smallest absolute Gasteiger partial charge is 0.408 e. The van der Waals surface area contributed by atoms with Crippen LogP contribution in [0.2, 0.25) is 0 Å². The topological polar surface area (TPSA) is 146 Å². The molecule has 10 nitrogen and oxygen atoms in total. The molecule has 0 saturated heterocycles. The maximum absolute atomic E-state index is 13.5. The molecule has 0 radical (unpaired) electrons. The molecule has 0 bridgehead atoms. The largest absolute Gasteiger partial charge is 0.444 e. The van der Waals surface area contributed by atoms with Crippen molar-refractivity contribution in [2.75, 3.05) is 6.54 Å². The van der Waals surface area contributed by atoms with Crippen LogP contribution in [0.15, 0.2) is 0 Å². The van der Waals surface area contributed by atoms with E-state index in [1.165, 1.54) is 0 Å². The molecule has 1 unspecified atom stereocenters. The van der Waals surface area contributed by atoms with Crippen molar-refractivity contribution in [3.8, 4) is 0 Å². The van der Waals surface area contributed by atoms with Crippen LogP contribution in [0.3, 0.4) is 0 Å².